The fourth-order valence-electron chi connectivity index (χ4n) is 4.46. The van der Waals surface area contributed by atoms with Gasteiger partial charge in [-0.15, -0.1) is 0 Å². The van der Waals surface area contributed by atoms with E-state index in [-0.39, 0.29) is 6.04 Å². The lowest BCUT2D eigenvalue weighted by Crippen LogP contribution is -2.38. The fourth-order valence-corrected chi connectivity index (χ4v) is 4.46. The molecule has 0 aliphatic heterocycles. The fraction of sp³-hybridized carbons (Fsp3) is 0.565. The van der Waals surface area contributed by atoms with Gasteiger partial charge in [-0.25, -0.2) is 0 Å². The molecule has 25 heavy (non-hydrogen) atoms. The average molecular weight is 340 g/mol. The van der Waals surface area contributed by atoms with Gasteiger partial charge in [0, 0.05) is 6.04 Å². The van der Waals surface area contributed by atoms with Crippen molar-refractivity contribution in [2.24, 2.45) is 0 Å². The smallest absolute Gasteiger partial charge is 0.0948 e. The Bertz CT molecular complexity index is 703. The first-order chi connectivity index (χ1) is 12.2. The van der Waals surface area contributed by atoms with Gasteiger partial charge >= 0.3 is 0 Å². The third-order valence-electron chi connectivity index (χ3n) is 5.78. The molecule has 0 bridgehead atoms. The van der Waals surface area contributed by atoms with Crippen molar-refractivity contribution in [1.82, 2.24) is 4.90 Å². The molecule has 0 heterocycles. The van der Waals surface area contributed by atoms with E-state index in [1.54, 1.807) is 0 Å². The van der Waals surface area contributed by atoms with E-state index in [0.29, 0.717) is 0 Å². The summed E-state index contributed by atoms with van der Waals surface area (Å²) in [5.74, 6) is 0. The predicted molar refractivity (Wildman–Crippen MR) is 107 cm³/mol. The highest BCUT2D eigenvalue weighted by molar-refractivity contribution is 5.90. The maximum atomic E-state index is 11.3. The first-order valence-electron chi connectivity index (χ1n) is 10.1. The van der Waals surface area contributed by atoms with E-state index in [2.05, 4.69) is 56.0 Å². The van der Waals surface area contributed by atoms with Crippen LogP contribution in [0.3, 0.4) is 0 Å². The quantitative estimate of drug-likeness (QED) is 0.743. The Labute approximate surface area is 152 Å². The zero-order chi connectivity index (χ0) is 17.8. The minimum atomic E-state index is -0.435. The van der Waals surface area contributed by atoms with Gasteiger partial charge in [0.15, 0.2) is 0 Å². The Balaban J connectivity index is 2.02. The molecule has 0 saturated heterocycles. The molecule has 0 spiro atoms. The highest BCUT2D eigenvalue weighted by atomic mass is 16.3. The number of fused-ring (bicyclic) bond motifs is 3. The van der Waals surface area contributed by atoms with Crippen molar-refractivity contribution < 1.29 is 5.11 Å². The molecule has 1 N–H and O–H groups in total. The topological polar surface area (TPSA) is 23.5 Å². The SMILES string of the molecule is CCCN(CCC)[C@@H](C)[C@H](O)c1cc2c(c3ccccc13)CCCC2. The number of benzene rings is 2. The van der Waals surface area contributed by atoms with E-state index in [0.717, 1.165) is 37.9 Å². The molecule has 0 unspecified atom stereocenters. The Hall–Kier alpha value is -1.38. The van der Waals surface area contributed by atoms with Gasteiger partial charge in [0.2, 0.25) is 0 Å². The Morgan fingerprint density at radius 1 is 1.00 bits per heavy atom. The molecule has 1 aliphatic carbocycles. The molecule has 0 amide bonds. The molecule has 0 saturated carbocycles. The number of hydrogen-bond acceptors (Lipinski definition) is 2. The van der Waals surface area contributed by atoms with Gasteiger partial charge in [0.25, 0.3) is 0 Å². The van der Waals surface area contributed by atoms with Crippen LogP contribution in [0.4, 0.5) is 0 Å². The normalized spacial score (nSPS) is 16.8. The summed E-state index contributed by atoms with van der Waals surface area (Å²) in [7, 11) is 0. The first-order valence-corrected chi connectivity index (χ1v) is 10.1. The summed E-state index contributed by atoms with van der Waals surface area (Å²) in [6, 6.07) is 11.1. The zero-order valence-corrected chi connectivity index (χ0v) is 16.1. The van der Waals surface area contributed by atoms with Crippen LogP contribution in [0.15, 0.2) is 30.3 Å². The largest absolute Gasteiger partial charge is 0.387 e. The summed E-state index contributed by atoms with van der Waals surface area (Å²) in [4.78, 5) is 2.44. The molecule has 2 atom stereocenters. The van der Waals surface area contributed by atoms with E-state index in [1.807, 2.05) is 0 Å². The van der Waals surface area contributed by atoms with Crippen molar-refractivity contribution in [3.8, 4) is 0 Å². The first kappa shape index (κ1) is 18.4. The number of nitrogens with zero attached hydrogens (tertiary/aromatic N) is 1. The van der Waals surface area contributed by atoms with Crippen LogP contribution in [0.25, 0.3) is 10.8 Å². The number of hydrogen-bond donors (Lipinski definition) is 1. The van der Waals surface area contributed by atoms with E-state index < -0.39 is 6.10 Å². The summed E-state index contributed by atoms with van der Waals surface area (Å²) in [6.45, 7) is 8.72. The van der Waals surface area contributed by atoms with Gasteiger partial charge in [0.1, 0.15) is 0 Å². The van der Waals surface area contributed by atoms with Crippen LogP contribution in [0.5, 0.6) is 0 Å². The van der Waals surface area contributed by atoms with Gasteiger partial charge in [-0.2, -0.15) is 0 Å². The van der Waals surface area contributed by atoms with Gasteiger partial charge < -0.3 is 5.11 Å². The standard InChI is InChI=1S/C23H33NO/c1-4-14-24(15-5-2)17(3)23(25)22-16-18-10-6-7-11-19(18)20-12-8-9-13-21(20)22/h8-9,12-13,16-17,23,25H,4-7,10-11,14-15H2,1-3H3/t17-,23-/m0/s1. The number of aryl methyl sites for hydroxylation is 2. The zero-order valence-electron chi connectivity index (χ0n) is 16.1. The summed E-state index contributed by atoms with van der Waals surface area (Å²) >= 11 is 0. The van der Waals surface area contributed by atoms with E-state index in [9.17, 15) is 5.11 Å². The van der Waals surface area contributed by atoms with Crippen LogP contribution in [-0.4, -0.2) is 29.1 Å². The molecular formula is C23H33NO. The molecule has 0 aromatic heterocycles. The summed E-state index contributed by atoms with van der Waals surface area (Å²) in [6.07, 6.45) is 6.71. The number of aliphatic hydroxyl groups excluding tert-OH is 1. The molecule has 3 rings (SSSR count). The van der Waals surface area contributed by atoms with Crippen molar-refractivity contribution >= 4 is 10.8 Å². The van der Waals surface area contributed by atoms with Gasteiger partial charge in [-0.3, -0.25) is 4.90 Å². The van der Waals surface area contributed by atoms with Crippen molar-refractivity contribution in [3.63, 3.8) is 0 Å². The Kier molecular flexibility index (Phi) is 6.14. The van der Waals surface area contributed by atoms with Crippen LogP contribution < -0.4 is 0 Å². The average Bonchev–Trinajstić information content (AvgIpc) is 2.66. The predicted octanol–water partition coefficient (Wildman–Crippen LogP) is 5.26. The van der Waals surface area contributed by atoms with Crippen molar-refractivity contribution in [2.75, 3.05) is 13.1 Å². The molecule has 2 aromatic carbocycles. The van der Waals surface area contributed by atoms with Crippen molar-refractivity contribution in [3.05, 3.63) is 47.0 Å². The van der Waals surface area contributed by atoms with Crippen LogP contribution in [0, 0.1) is 0 Å². The molecule has 2 aromatic rings. The van der Waals surface area contributed by atoms with E-state index in [1.165, 1.54) is 41.2 Å². The second-order valence-electron chi connectivity index (χ2n) is 7.58. The summed E-state index contributed by atoms with van der Waals surface area (Å²) < 4.78 is 0. The van der Waals surface area contributed by atoms with E-state index in [4.69, 9.17) is 0 Å². The minimum Gasteiger partial charge on any atom is -0.387 e. The van der Waals surface area contributed by atoms with Crippen molar-refractivity contribution in [1.29, 1.82) is 0 Å². The van der Waals surface area contributed by atoms with Crippen molar-refractivity contribution in [2.45, 2.75) is 71.4 Å². The van der Waals surface area contributed by atoms with Gasteiger partial charge in [-0.05, 0) is 86.0 Å². The monoisotopic (exact) mass is 339 g/mol. The van der Waals surface area contributed by atoms with Crippen LogP contribution in [0.1, 0.15) is 69.2 Å². The van der Waals surface area contributed by atoms with Crippen LogP contribution in [0.2, 0.25) is 0 Å². The van der Waals surface area contributed by atoms with Gasteiger partial charge in [-0.1, -0.05) is 44.2 Å². The summed E-state index contributed by atoms with van der Waals surface area (Å²) in [5, 5.41) is 13.9. The highest BCUT2D eigenvalue weighted by Gasteiger charge is 2.25. The Morgan fingerprint density at radius 2 is 1.64 bits per heavy atom. The molecule has 0 radical (unpaired) electrons. The minimum absolute atomic E-state index is 0.143. The summed E-state index contributed by atoms with van der Waals surface area (Å²) in [5.41, 5.74) is 4.11. The lowest BCUT2D eigenvalue weighted by Gasteiger charge is -2.33. The molecular weight excluding hydrogens is 306 g/mol. The molecule has 136 valence electrons. The molecule has 1 aliphatic rings. The van der Waals surface area contributed by atoms with Gasteiger partial charge in [0.05, 0.1) is 6.10 Å². The molecule has 2 nitrogen and oxygen atoms in total. The maximum absolute atomic E-state index is 11.3. The lowest BCUT2D eigenvalue weighted by atomic mass is 9.83. The third kappa shape index (κ3) is 3.75. The third-order valence-corrected chi connectivity index (χ3v) is 5.78. The Morgan fingerprint density at radius 3 is 2.32 bits per heavy atom. The molecule has 0 fully saturated rings. The maximum Gasteiger partial charge on any atom is 0.0948 e. The highest BCUT2D eigenvalue weighted by Crippen LogP contribution is 2.35. The van der Waals surface area contributed by atoms with E-state index >= 15 is 0 Å². The number of aliphatic hydroxyl groups is 1. The number of rotatable bonds is 7. The van der Waals surface area contributed by atoms with Crippen LogP contribution >= 0.6 is 0 Å². The second-order valence-corrected chi connectivity index (χ2v) is 7.58. The second kappa shape index (κ2) is 8.33. The molecule has 2 heteroatoms. The van der Waals surface area contributed by atoms with Crippen LogP contribution in [-0.2, 0) is 12.8 Å². The lowest BCUT2D eigenvalue weighted by molar-refractivity contribution is 0.0585.